The minimum atomic E-state index is -0.508. The molecular formula is C13H15BrClNO5. The Hall–Kier alpha value is -0.890. The van der Waals surface area contributed by atoms with Crippen LogP contribution >= 0.6 is 27.5 Å². The van der Waals surface area contributed by atoms with Crippen LogP contribution in [0.25, 0.3) is 0 Å². The van der Waals surface area contributed by atoms with Gasteiger partial charge in [-0.1, -0.05) is 33.6 Å². The number of ether oxygens (including phenoxy) is 3. The van der Waals surface area contributed by atoms with Gasteiger partial charge >= 0.3 is 5.69 Å². The number of para-hydroxylation sites is 1. The molecule has 0 heterocycles. The summed E-state index contributed by atoms with van der Waals surface area (Å²) in [6, 6.07) is 4.45. The van der Waals surface area contributed by atoms with E-state index in [4.69, 9.17) is 25.8 Å². The average Bonchev–Trinajstić information content (AvgIpc) is 2.44. The summed E-state index contributed by atoms with van der Waals surface area (Å²) in [5.41, 5.74) is -0.142. The maximum Gasteiger partial charge on any atom is 0.312 e. The molecule has 0 amide bonds. The van der Waals surface area contributed by atoms with Crippen molar-refractivity contribution in [2.75, 3.05) is 20.3 Å². The van der Waals surface area contributed by atoms with Crippen LogP contribution in [0, 0.1) is 10.1 Å². The Labute approximate surface area is 135 Å². The minimum absolute atomic E-state index is 0.0916. The van der Waals surface area contributed by atoms with Gasteiger partial charge in [0.25, 0.3) is 0 Å². The summed E-state index contributed by atoms with van der Waals surface area (Å²) in [6.07, 6.45) is 0.237. The standard InChI is InChI=1S/C13H15BrClNO5/c1-19-5-6-20-12-8(14)7-11(12)21-13-9(15)3-2-4-10(13)16(17)18/h2-4,8,11-12H,5-7H2,1H3. The molecule has 0 N–H and O–H groups in total. The van der Waals surface area contributed by atoms with Gasteiger partial charge in [-0.15, -0.1) is 0 Å². The van der Waals surface area contributed by atoms with Gasteiger partial charge in [-0.05, 0) is 6.07 Å². The van der Waals surface area contributed by atoms with Crippen molar-refractivity contribution in [1.29, 1.82) is 0 Å². The second-order valence-electron chi connectivity index (χ2n) is 4.58. The highest BCUT2D eigenvalue weighted by Crippen LogP contribution is 2.40. The normalized spacial score (nSPS) is 24.4. The minimum Gasteiger partial charge on any atom is -0.480 e. The van der Waals surface area contributed by atoms with Crippen molar-refractivity contribution in [3.63, 3.8) is 0 Å². The average molecular weight is 381 g/mol. The molecule has 1 aromatic rings. The summed E-state index contributed by atoms with van der Waals surface area (Å²) < 4.78 is 16.3. The zero-order chi connectivity index (χ0) is 15.4. The molecule has 0 aromatic heterocycles. The first-order valence-electron chi connectivity index (χ1n) is 6.38. The number of benzene rings is 1. The lowest BCUT2D eigenvalue weighted by Crippen LogP contribution is -2.52. The van der Waals surface area contributed by atoms with E-state index in [2.05, 4.69) is 15.9 Å². The van der Waals surface area contributed by atoms with Gasteiger partial charge in [0.1, 0.15) is 12.2 Å². The van der Waals surface area contributed by atoms with Gasteiger partial charge in [-0.3, -0.25) is 10.1 Å². The predicted molar refractivity (Wildman–Crippen MR) is 81.5 cm³/mol. The Balaban J connectivity index is 2.06. The zero-order valence-electron chi connectivity index (χ0n) is 11.3. The van der Waals surface area contributed by atoms with Crippen molar-refractivity contribution in [2.24, 2.45) is 0 Å². The second-order valence-corrected chi connectivity index (χ2v) is 6.16. The van der Waals surface area contributed by atoms with Crippen LogP contribution < -0.4 is 4.74 Å². The molecule has 3 atom stereocenters. The number of nitro benzene ring substituents is 1. The Morgan fingerprint density at radius 2 is 2.24 bits per heavy atom. The first-order chi connectivity index (χ1) is 10.0. The largest absolute Gasteiger partial charge is 0.480 e. The van der Waals surface area contributed by atoms with E-state index in [0.717, 1.165) is 0 Å². The third-order valence-corrected chi connectivity index (χ3v) is 4.38. The maximum absolute atomic E-state index is 11.0. The van der Waals surface area contributed by atoms with Gasteiger partial charge in [0.05, 0.1) is 23.2 Å². The molecule has 2 rings (SSSR count). The smallest absolute Gasteiger partial charge is 0.312 e. The molecule has 6 nitrogen and oxygen atoms in total. The van der Waals surface area contributed by atoms with E-state index in [9.17, 15) is 10.1 Å². The highest BCUT2D eigenvalue weighted by Gasteiger charge is 2.43. The number of rotatable bonds is 7. The van der Waals surface area contributed by atoms with E-state index < -0.39 is 4.92 Å². The third kappa shape index (κ3) is 3.85. The van der Waals surface area contributed by atoms with Crippen molar-refractivity contribution >= 4 is 33.2 Å². The maximum atomic E-state index is 11.0. The Morgan fingerprint density at radius 3 is 2.86 bits per heavy atom. The van der Waals surface area contributed by atoms with Crippen LogP contribution in [0.15, 0.2) is 18.2 Å². The van der Waals surface area contributed by atoms with Gasteiger partial charge in [0.15, 0.2) is 0 Å². The summed E-state index contributed by atoms with van der Waals surface area (Å²) in [4.78, 5) is 10.7. The van der Waals surface area contributed by atoms with Crippen LogP contribution in [0.5, 0.6) is 5.75 Å². The Morgan fingerprint density at radius 1 is 1.48 bits per heavy atom. The molecule has 0 radical (unpaired) electrons. The fourth-order valence-corrected chi connectivity index (χ4v) is 3.11. The van der Waals surface area contributed by atoms with Gasteiger partial charge in [0.2, 0.25) is 5.75 Å². The van der Waals surface area contributed by atoms with E-state index in [1.807, 2.05) is 0 Å². The van der Waals surface area contributed by atoms with E-state index >= 15 is 0 Å². The van der Waals surface area contributed by atoms with Crippen LogP contribution in [0.3, 0.4) is 0 Å². The molecule has 0 saturated heterocycles. The van der Waals surface area contributed by atoms with Gasteiger partial charge in [-0.25, -0.2) is 0 Å². The van der Waals surface area contributed by atoms with E-state index in [1.165, 1.54) is 12.1 Å². The fraction of sp³-hybridized carbons (Fsp3) is 0.538. The van der Waals surface area contributed by atoms with E-state index in [-0.39, 0.29) is 33.5 Å². The van der Waals surface area contributed by atoms with Crippen LogP contribution in [0.2, 0.25) is 5.02 Å². The van der Waals surface area contributed by atoms with Crippen LogP contribution in [-0.4, -0.2) is 42.3 Å². The van der Waals surface area contributed by atoms with Crippen molar-refractivity contribution in [3.05, 3.63) is 33.3 Å². The summed E-state index contributed by atoms with van der Waals surface area (Å²) in [6.45, 7) is 0.920. The van der Waals surface area contributed by atoms with E-state index in [0.29, 0.717) is 19.6 Å². The van der Waals surface area contributed by atoms with Gasteiger partial charge in [0, 0.05) is 24.4 Å². The quantitative estimate of drug-likeness (QED) is 0.314. The highest BCUT2D eigenvalue weighted by molar-refractivity contribution is 9.09. The first-order valence-corrected chi connectivity index (χ1v) is 7.68. The van der Waals surface area contributed by atoms with Gasteiger partial charge < -0.3 is 14.2 Å². The van der Waals surface area contributed by atoms with Crippen molar-refractivity contribution in [2.45, 2.75) is 23.5 Å². The monoisotopic (exact) mass is 379 g/mol. The number of hydrogen-bond donors (Lipinski definition) is 0. The second kappa shape index (κ2) is 7.40. The number of hydrogen-bond acceptors (Lipinski definition) is 5. The summed E-state index contributed by atoms with van der Waals surface area (Å²) in [5.74, 6) is 0.0916. The lowest BCUT2D eigenvalue weighted by Gasteiger charge is -2.40. The molecule has 21 heavy (non-hydrogen) atoms. The molecule has 3 unspecified atom stereocenters. The molecule has 1 aliphatic rings. The molecule has 0 bridgehead atoms. The van der Waals surface area contributed by atoms with Crippen LogP contribution in [0.1, 0.15) is 6.42 Å². The third-order valence-electron chi connectivity index (χ3n) is 3.19. The Kier molecular flexibility index (Phi) is 5.80. The summed E-state index contributed by atoms with van der Waals surface area (Å²) >= 11 is 9.49. The van der Waals surface area contributed by atoms with Crippen LogP contribution in [0.4, 0.5) is 5.69 Å². The molecular weight excluding hydrogens is 366 g/mol. The van der Waals surface area contributed by atoms with Crippen molar-refractivity contribution < 1.29 is 19.1 Å². The molecule has 116 valence electrons. The number of alkyl halides is 1. The molecule has 0 aliphatic heterocycles. The molecule has 0 spiro atoms. The number of methoxy groups -OCH3 is 1. The zero-order valence-corrected chi connectivity index (χ0v) is 13.7. The molecule has 1 aliphatic carbocycles. The molecule has 1 saturated carbocycles. The van der Waals surface area contributed by atoms with Crippen molar-refractivity contribution in [3.8, 4) is 5.75 Å². The Bertz CT molecular complexity index is 515. The molecule has 1 fully saturated rings. The first kappa shape index (κ1) is 16.5. The van der Waals surface area contributed by atoms with Crippen LogP contribution in [-0.2, 0) is 9.47 Å². The van der Waals surface area contributed by atoms with E-state index in [1.54, 1.807) is 13.2 Å². The summed E-state index contributed by atoms with van der Waals surface area (Å²) in [7, 11) is 1.59. The summed E-state index contributed by atoms with van der Waals surface area (Å²) in [5, 5.41) is 11.2. The lowest BCUT2D eigenvalue weighted by atomic mass is 9.91. The number of halogens is 2. The lowest BCUT2D eigenvalue weighted by molar-refractivity contribution is -0.386. The highest BCUT2D eigenvalue weighted by atomic mass is 79.9. The number of nitro groups is 1. The van der Waals surface area contributed by atoms with Crippen molar-refractivity contribution in [1.82, 2.24) is 0 Å². The topological polar surface area (TPSA) is 70.8 Å². The fourth-order valence-electron chi connectivity index (χ4n) is 2.03. The SMILES string of the molecule is COCCOC1C(Br)CC1Oc1c(Cl)cccc1[N+](=O)[O-]. The number of nitrogens with zero attached hydrogens (tertiary/aromatic N) is 1. The predicted octanol–water partition coefficient (Wildman–Crippen LogP) is 3.19. The molecule has 1 aromatic carbocycles. The van der Waals surface area contributed by atoms with Gasteiger partial charge in [-0.2, -0.15) is 0 Å². The molecule has 8 heteroatoms.